The third-order valence-electron chi connectivity index (χ3n) is 9.80. The molecular formula is C39H60N6O9S. The summed E-state index contributed by atoms with van der Waals surface area (Å²) in [5.74, 6) is -4.46. The zero-order valence-electron chi connectivity index (χ0n) is 32.3. The minimum Gasteiger partial charge on any atom is -0.507 e. The van der Waals surface area contributed by atoms with E-state index in [2.05, 4.69) is 27.6 Å². The van der Waals surface area contributed by atoms with Gasteiger partial charge in [0.15, 0.2) is 0 Å². The Balaban J connectivity index is 1.87. The van der Waals surface area contributed by atoms with Crippen LogP contribution in [-0.2, 0) is 35.6 Å². The Morgan fingerprint density at radius 3 is 2.18 bits per heavy atom. The summed E-state index contributed by atoms with van der Waals surface area (Å²) in [6.07, 6.45) is 10.2. The number of phenols is 2. The minimum atomic E-state index is -3.97. The molecule has 0 spiro atoms. The molecule has 1 aliphatic heterocycles. The van der Waals surface area contributed by atoms with E-state index in [1.165, 1.54) is 82.5 Å². The van der Waals surface area contributed by atoms with Gasteiger partial charge in [-0.15, -0.1) is 0 Å². The van der Waals surface area contributed by atoms with Gasteiger partial charge in [0.05, 0.1) is 5.75 Å². The number of benzene rings is 2. The number of hydrogen-bond donors (Lipinski definition) is 8. The Kier molecular flexibility index (Phi) is 18.3. The number of aromatic hydroxyl groups is 2. The van der Waals surface area contributed by atoms with Crippen molar-refractivity contribution in [1.82, 2.24) is 25.6 Å². The Hall–Kier alpha value is -4.25. The van der Waals surface area contributed by atoms with Crippen LogP contribution in [-0.4, -0.2) is 103 Å². The first-order valence-corrected chi connectivity index (χ1v) is 21.0. The molecule has 9 N–H and O–H groups in total. The molecule has 2 aromatic carbocycles. The number of carboxylic acid groups (broad SMARTS) is 1. The highest BCUT2D eigenvalue weighted by atomic mass is 32.2. The van der Waals surface area contributed by atoms with Crippen LogP contribution in [0, 0.1) is 0 Å². The fraction of sp³-hybridized carbons (Fsp3) is 0.590. The summed E-state index contributed by atoms with van der Waals surface area (Å²) < 4.78 is 29.1. The van der Waals surface area contributed by atoms with Gasteiger partial charge in [-0.25, -0.2) is 17.9 Å². The maximum Gasteiger partial charge on any atom is 0.326 e. The molecule has 0 aromatic heterocycles. The molecule has 1 heterocycles. The maximum atomic E-state index is 14.3. The number of aliphatic carboxylic acids is 1. The lowest BCUT2D eigenvalue weighted by Gasteiger charge is -2.32. The van der Waals surface area contributed by atoms with Crippen LogP contribution in [0.3, 0.4) is 0 Å². The van der Waals surface area contributed by atoms with Crippen molar-refractivity contribution >= 4 is 33.7 Å². The molecule has 0 fully saturated rings. The fourth-order valence-electron chi connectivity index (χ4n) is 6.60. The lowest BCUT2D eigenvalue weighted by atomic mass is 9.93. The van der Waals surface area contributed by atoms with Crippen molar-refractivity contribution < 1.29 is 42.9 Å². The second-order valence-corrected chi connectivity index (χ2v) is 16.2. The average Bonchev–Trinajstić information content (AvgIpc) is 3.13. The molecule has 1 aliphatic rings. The van der Waals surface area contributed by atoms with Gasteiger partial charge >= 0.3 is 5.97 Å². The van der Waals surface area contributed by atoms with Gasteiger partial charge in [0.2, 0.25) is 27.7 Å². The van der Waals surface area contributed by atoms with Crippen LogP contribution in [0.25, 0.3) is 11.1 Å². The highest BCUT2D eigenvalue weighted by Gasteiger charge is 2.36. The molecular weight excluding hydrogens is 729 g/mol. The molecule has 4 unspecified atom stereocenters. The third-order valence-corrected chi connectivity index (χ3v) is 11.2. The average molecular weight is 789 g/mol. The first kappa shape index (κ1) is 45.1. The topological polar surface area (TPSA) is 240 Å². The first-order chi connectivity index (χ1) is 26.2. The zero-order valence-corrected chi connectivity index (χ0v) is 33.1. The van der Waals surface area contributed by atoms with Gasteiger partial charge in [0.25, 0.3) is 0 Å². The lowest BCUT2D eigenvalue weighted by Crippen LogP contribution is -2.55. The van der Waals surface area contributed by atoms with Crippen LogP contribution in [0.1, 0.15) is 102 Å². The van der Waals surface area contributed by atoms with E-state index >= 15 is 0 Å². The fourth-order valence-corrected chi connectivity index (χ4v) is 7.78. The molecule has 306 valence electrons. The molecule has 0 aliphatic carbocycles. The van der Waals surface area contributed by atoms with Crippen LogP contribution in [0.4, 0.5) is 0 Å². The SMILES string of the molecule is CCCCCCCCCCNCCS(=O)(=O)NC(CCCCN)C(=O)N(C)C1C(=O)NC(C)C(=O)NC(C(=O)O)Cc2ccc(O)c(c2)-c2cc1ccc2O. The number of amides is 3. The van der Waals surface area contributed by atoms with Crippen molar-refractivity contribution in [2.24, 2.45) is 5.73 Å². The largest absolute Gasteiger partial charge is 0.507 e. The van der Waals surface area contributed by atoms with Crippen molar-refractivity contribution in [3.8, 4) is 22.6 Å². The summed E-state index contributed by atoms with van der Waals surface area (Å²) in [6.45, 7) is 4.74. The standard InChI is InChI=1S/C39H60N6O9S/c1-4-5-6-7-8-9-10-13-20-41-21-22-55(53,54)44-31(14-11-12-19-40)38(50)45(3)35-28-16-18-34(47)30(25-28)29-23-27(15-17-33(29)46)24-32(39(51)52)43-36(48)26(2)42-37(35)49/h15-18,23,25-26,31-32,35,41,44,46-47H,4-14,19-22,24,40H2,1-3H3,(H,42,49)(H,43,48)(H,51,52). The number of phenolic OH excluding ortho intramolecular Hbond substituents is 2. The van der Waals surface area contributed by atoms with E-state index in [1.807, 2.05) is 0 Å². The number of nitrogens with one attached hydrogen (secondary N) is 4. The molecule has 15 nitrogen and oxygen atoms in total. The maximum absolute atomic E-state index is 14.3. The van der Waals surface area contributed by atoms with Crippen molar-refractivity contribution in [1.29, 1.82) is 0 Å². The quantitative estimate of drug-likeness (QED) is 0.0856. The number of hydrogen-bond acceptors (Lipinski definition) is 10. The number of nitrogens with zero attached hydrogens (tertiary/aromatic N) is 1. The van der Waals surface area contributed by atoms with Crippen molar-refractivity contribution in [3.63, 3.8) is 0 Å². The van der Waals surface area contributed by atoms with Crippen LogP contribution in [0.2, 0.25) is 0 Å². The molecule has 0 saturated heterocycles. The van der Waals surface area contributed by atoms with Crippen LogP contribution < -0.4 is 26.4 Å². The van der Waals surface area contributed by atoms with E-state index in [0.717, 1.165) is 24.2 Å². The summed E-state index contributed by atoms with van der Waals surface area (Å²) in [5.41, 5.74) is 6.53. The van der Waals surface area contributed by atoms with Crippen LogP contribution in [0.5, 0.6) is 11.5 Å². The van der Waals surface area contributed by atoms with Gasteiger partial charge in [0, 0.05) is 31.1 Å². The molecule has 4 bridgehead atoms. The van der Waals surface area contributed by atoms with Gasteiger partial charge in [-0.1, -0.05) is 70.4 Å². The number of sulfonamides is 1. The smallest absolute Gasteiger partial charge is 0.326 e. The van der Waals surface area contributed by atoms with Crippen molar-refractivity contribution in [2.45, 2.75) is 115 Å². The second kappa shape index (κ2) is 22.3. The van der Waals surface area contributed by atoms with Gasteiger partial charge < -0.3 is 41.9 Å². The number of fused-ring (bicyclic) bond motifs is 5. The summed E-state index contributed by atoms with van der Waals surface area (Å²) in [4.78, 5) is 54.6. The molecule has 0 radical (unpaired) electrons. The molecule has 3 amide bonds. The summed E-state index contributed by atoms with van der Waals surface area (Å²) >= 11 is 0. The van der Waals surface area contributed by atoms with Gasteiger partial charge in [0.1, 0.15) is 35.7 Å². The Labute approximate surface area is 324 Å². The predicted octanol–water partition coefficient (Wildman–Crippen LogP) is 3.04. The molecule has 2 aromatic rings. The molecule has 16 heteroatoms. The number of carboxylic acids is 1. The summed E-state index contributed by atoms with van der Waals surface area (Å²) in [5, 5.41) is 39.7. The van der Waals surface area contributed by atoms with E-state index in [0.29, 0.717) is 31.5 Å². The Morgan fingerprint density at radius 2 is 1.53 bits per heavy atom. The highest BCUT2D eigenvalue weighted by molar-refractivity contribution is 7.89. The summed E-state index contributed by atoms with van der Waals surface area (Å²) in [7, 11) is -2.63. The van der Waals surface area contributed by atoms with E-state index in [-0.39, 0.29) is 53.3 Å². The van der Waals surface area contributed by atoms with E-state index in [4.69, 9.17) is 5.73 Å². The van der Waals surface area contributed by atoms with E-state index < -0.39 is 57.9 Å². The Morgan fingerprint density at radius 1 is 0.891 bits per heavy atom. The molecule has 55 heavy (non-hydrogen) atoms. The van der Waals surface area contributed by atoms with Gasteiger partial charge in [-0.2, -0.15) is 0 Å². The molecule has 3 rings (SSSR count). The third kappa shape index (κ3) is 14.1. The monoisotopic (exact) mass is 788 g/mol. The van der Waals surface area contributed by atoms with Crippen molar-refractivity contribution in [2.75, 3.05) is 32.4 Å². The predicted molar refractivity (Wildman–Crippen MR) is 211 cm³/mol. The molecule has 4 atom stereocenters. The number of unbranched alkanes of at least 4 members (excludes halogenated alkanes) is 8. The number of likely N-dealkylation sites (N-methyl/N-ethyl adjacent to an activating group) is 1. The minimum absolute atomic E-state index is 0.0937. The van der Waals surface area contributed by atoms with Crippen molar-refractivity contribution in [3.05, 3.63) is 47.5 Å². The number of carbonyl (C=O) groups excluding carboxylic acids is 3. The van der Waals surface area contributed by atoms with Crippen LogP contribution in [0.15, 0.2) is 36.4 Å². The van der Waals surface area contributed by atoms with E-state index in [9.17, 15) is 42.9 Å². The van der Waals surface area contributed by atoms with E-state index in [1.54, 1.807) is 0 Å². The van der Waals surface area contributed by atoms with Gasteiger partial charge in [-0.3, -0.25) is 14.4 Å². The second-order valence-electron chi connectivity index (χ2n) is 14.3. The Bertz CT molecular complexity index is 1710. The first-order valence-electron chi connectivity index (χ1n) is 19.3. The lowest BCUT2D eigenvalue weighted by molar-refractivity contribution is -0.143. The van der Waals surface area contributed by atoms with Crippen LogP contribution >= 0.6 is 0 Å². The normalized spacial score (nSPS) is 18.1. The molecule has 0 saturated carbocycles. The highest BCUT2D eigenvalue weighted by Crippen LogP contribution is 2.39. The number of rotatable bonds is 21. The summed E-state index contributed by atoms with van der Waals surface area (Å²) in [6, 6.07) is 3.06. The zero-order chi connectivity index (χ0) is 40.5. The van der Waals surface area contributed by atoms with Gasteiger partial charge in [-0.05, 0) is 74.7 Å². The number of carbonyl (C=O) groups is 4. The number of nitrogens with two attached hydrogens (primary N) is 1.